The minimum atomic E-state index is -1.08. The maximum absolute atomic E-state index is 11.9. The summed E-state index contributed by atoms with van der Waals surface area (Å²) in [4.78, 5) is 46.0. The number of ketones is 1. The molecule has 1 aliphatic rings. The molecule has 2 amide bonds. The molecule has 0 bridgehead atoms. The lowest BCUT2D eigenvalue weighted by molar-refractivity contribution is -0.139. The molecule has 122 valence electrons. The topological polar surface area (TPSA) is 122 Å². The van der Waals surface area contributed by atoms with Gasteiger partial charge in [0, 0.05) is 12.5 Å². The summed E-state index contributed by atoms with van der Waals surface area (Å²) in [6, 6.07) is 3.99. The third-order valence-electron chi connectivity index (χ3n) is 3.20. The fourth-order valence-electron chi connectivity index (χ4n) is 2.17. The molecular weight excluding hydrogens is 304 g/mol. The number of carbonyl (C=O) groups is 4. The van der Waals surface area contributed by atoms with Crippen LogP contribution in [0.25, 0.3) is 0 Å². The van der Waals surface area contributed by atoms with Gasteiger partial charge < -0.3 is 20.5 Å². The second-order valence-corrected chi connectivity index (χ2v) is 5.13. The SMILES string of the molecule is CC(CC(=O)O)NC(=O)C(=O)Nc1cccc2c1OCCC2=O. The van der Waals surface area contributed by atoms with Crippen LogP contribution in [0, 0.1) is 0 Å². The largest absolute Gasteiger partial charge is 0.490 e. The maximum Gasteiger partial charge on any atom is 0.313 e. The molecule has 0 aromatic heterocycles. The number of aliphatic carboxylic acids is 1. The number of carboxylic acids is 1. The highest BCUT2D eigenvalue weighted by molar-refractivity contribution is 6.40. The van der Waals surface area contributed by atoms with Gasteiger partial charge in [-0.2, -0.15) is 0 Å². The molecule has 8 nitrogen and oxygen atoms in total. The maximum atomic E-state index is 11.9. The zero-order valence-corrected chi connectivity index (χ0v) is 12.4. The van der Waals surface area contributed by atoms with Crippen molar-refractivity contribution in [2.45, 2.75) is 25.8 Å². The van der Waals surface area contributed by atoms with Crippen LogP contribution in [0.1, 0.15) is 30.1 Å². The van der Waals surface area contributed by atoms with Gasteiger partial charge in [-0.3, -0.25) is 19.2 Å². The van der Waals surface area contributed by atoms with Gasteiger partial charge in [-0.15, -0.1) is 0 Å². The standard InChI is InChI=1S/C15H16N2O6/c1-8(7-12(19)20)16-14(21)15(22)17-10-4-2-3-9-11(18)5-6-23-13(9)10/h2-4,8H,5-7H2,1H3,(H,16,21)(H,17,22)(H,19,20). The van der Waals surface area contributed by atoms with E-state index in [1.807, 2.05) is 0 Å². The molecule has 0 fully saturated rings. The number of benzene rings is 1. The van der Waals surface area contributed by atoms with E-state index in [-0.39, 0.29) is 36.7 Å². The molecule has 0 radical (unpaired) electrons. The van der Waals surface area contributed by atoms with Gasteiger partial charge in [-0.25, -0.2) is 0 Å². The van der Waals surface area contributed by atoms with Crippen molar-refractivity contribution in [3.8, 4) is 5.75 Å². The van der Waals surface area contributed by atoms with Crippen molar-refractivity contribution in [3.05, 3.63) is 23.8 Å². The molecule has 23 heavy (non-hydrogen) atoms. The Morgan fingerprint density at radius 1 is 1.30 bits per heavy atom. The third-order valence-corrected chi connectivity index (χ3v) is 3.20. The fraction of sp³-hybridized carbons (Fsp3) is 0.333. The Hall–Kier alpha value is -2.90. The minimum Gasteiger partial charge on any atom is -0.490 e. The minimum absolute atomic E-state index is 0.0955. The first-order valence-corrected chi connectivity index (χ1v) is 7.01. The van der Waals surface area contributed by atoms with Gasteiger partial charge >= 0.3 is 17.8 Å². The molecule has 1 atom stereocenters. The smallest absolute Gasteiger partial charge is 0.313 e. The van der Waals surface area contributed by atoms with Gasteiger partial charge in [-0.1, -0.05) is 6.07 Å². The monoisotopic (exact) mass is 320 g/mol. The van der Waals surface area contributed by atoms with E-state index in [4.69, 9.17) is 9.84 Å². The summed E-state index contributed by atoms with van der Waals surface area (Å²) < 4.78 is 5.39. The number of para-hydroxylation sites is 1. The van der Waals surface area contributed by atoms with E-state index >= 15 is 0 Å². The number of hydrogen-bond donors (Lipinski definition) is 3. The Bertz CT molecular complexity index is 670. The Labute approximate surface area is 131 Å². The molecule has 0 saturated heterocycles. The number of carbonyl (C=O) groups excluding carboxylic acids is 3. The summed E-state index contributed by atoms with van der Waals surface area (Å²) in [5.74, 6) is -2.86. The van der Waals surface area contributed by atoms with Gasteiger partial charge in [-0.05, 0) is 19.1 Å². The molecule has 1 aliphatic heterocycles. The number of ether oxygens (including phenoxy) is 1. The highest BCUT2D eigenvalue weighted by Gasteiger charge is 2.24. The summed E-state index contributed by atoms with van der Waals surface area (Å²) >= 11 is 0. The van der Waals surface area contributed by atoms with Gasteiger partial charge in [0.15, 0.2) is 11.5 Å². The van der Waals surface area contributed by atoms with E-state index in [1.54, 1.807) is 12.1 Å². The molecule has 1 aromatic rings. The van der Waals surface area contributed by atoms with Crippen LogP contribution in [-0.2, 0) is 14.4 Å². The highest BCUT2D eigenvalue weighted by Crippen LogP contribution is 2.32. The van der Waals surface area contributed by atoms with E-state index in [0.717, 1.165) is 0 Å². The number of nitrogens with one attached hydrogen (secondary N) is 2. The number of carboxylic acid groups (broad SMARTS) is 1. The predicted octanol–water partition coefficient (Wildman–Crippen LogP) is 0.570. The lowest BCUT2D eigenvalue weighted by Crippen LogP contribution is -2.41. The van der Waals surface area contributed by atoms with Crippen LogP contribution in [0.3, 0.4) is 0 Å². The first-order chi connectivity index (χ1) is 10.9. The van der Waals surface area contributed by atoms with Crippen molar-refractivity contribution < 1.29 is 29.0 Å². The highest BCUT2D eigenvalue weighted by atomic mass is 16.5. The molecular formula is C15H16N2O6. The number of amides is 2. The van der Waals surface area contributed by atoms with E-state index in [0.29, 0.717) is 5.56 Å². The molecule has 1 aromatic carbocycles. The third kappa shape index (κ3) is 4.06. The van der Waals surface area contributed by atoms with Crippen molar-refractivity contribution in [1.82, 2.24) is 5.32 Å². The molecule has 1 unspecified atom stereocenters. The van der Waals surface area contributed by atoms with E-state index in [1.165, 1.54) is 13.0 Å². The van der Waals surface area contributed by atoms with Crippen molar-refractivity contribution in [3.63, 3.8) is 0 Å². The van der Waals surface area contributed by atoms with Crippen LogP contribution in [-0.4, -0.2) is 41.3 Å². The van der Waals surface area contributed by atoms with Gasteiger partial charge in [0.05, 0.1) is 24.3 Å². The summed E-state index contributed by atoms with van der Waals surface area (Å²) in [6.45, 7) is 1.69. The molecule has 0 saturated carbocycles. The molecule has 0 spiro atoms. The fourth-order valence-corrected chi connectivity index (χ4v) is 2.17. The Morgan fingerprint density at radius 3 is 2.74 bits per heavy atom. The van der Waals surface area contributed by atoms with Crippen LogP contribution in [0.15, 0.2) is 18.2 Å². The lowest BCUT2D eigenvalue weighted by atomic mass is 10.0. The summed E-state index contributed by atoms with van der Waals surface area (Å²) in [5, 5.41) is 13.3. The summed E-state index contributed by atoms with van der Waals surface area (Å²) in [7, 11) is 0. The summed E-state index contributed by atoms with van der Waals surface area (Å²) in [5.41, 5.74) is 0.579. The van der Waals surface area contributed by atoms with E-state index < -0.39 is 23.8 Å². The van der Waals surface area contributed by atoms with E-state index in [2.05, 4.69) is 10.6 Å². The lowest BCUT2D eigenvalue weighted by Gasteiger charge is -2.19. The second-order valence-electron chi connectivity index (χ2n) is 5.13. The zero-order valence-electron chi connectivity index (χ0n) is 12.4. The van der Waals surface area contributed by atoms with Crippen LogP contribution in [0.4, 0.5) is 5.69 Å². The van der Waals surface area contributed by atoms with Crippen LogP contribution >= 0.6 is 0 Å². The quantitative estimate of drug-likeness (QED) is 0.697. The van der Waals surface area contributed by atoms with Crippen LogP contribution in [0.5, 0.6) is 5.75 Å². The van der Waals surface area contributed by atoms with Gasteiger partial charge in [0.1, 0.15) is 0 Å². The number of fused-ring (bicyclic) bond motifs is 1. The van der Waals surface area contributed by atoms with Crippen molar-refractivity contribution in [2.24, 2.45) is 0 Å². The van der Waals surface area contributed by atoms with Gasteiger partial charge in [0.25, 0.3) is 0 Å². The first kappa shape index (κ1) is 16.5. The number of Topliss-reactive ketones (excluding diaryl/α,β-unsaturated/α-hetero) is 1. The molecule has 1 heterocycles. The van der Waals surface area contributed by atoms with Crippen LogP contribution < -0.4 is 15.4 Å². The zero-order chi connectivity index (χ0) is 17.0. The van der Waals surface area contributed by atoms with Crippen molar-refractivity contribution in [1.29, 1.82) is 0 Å². The second kappa shape index (κ2) is 6.91. The van der Waals surface area contributed by atoms with Crippen molar-refractivity contribution in [2.75, 3.05) is 11.9 Å². The number of hydrogen-bond acceptors (Lipinski definition) is 5. The first-order valence-electron chi connectivity index (χ1n) is 7.01. The molecule has 0 aliphatic carbocycles. The molecule has 8 heteroatoms. The normalized spacial score (nSPS) is 14.2. The average Bonchev–Trinajstić information content (AvgIpc) is 2.47. The predicted molar refractivity (Wildman–Crippen MR) is 79.4 cm³/mol. The van der Waals surface area contributed by atoms with Crippen molar-refractivity contribution >= 4 is 29.3 Å². The Morgan fingerprint density at radius 2 is 2.04 bits per heavy atom. The van der Waals surface area contributed by atoms with Gasteiger partial charge in [0.2, 0.25) is 0 Å². The molecule has 2 rings (SSSR count). The van der Waals surface area contributed by atoms with Crippen LogP contribution in [0.2, 0.25) is 0 Å². The Balaban J connectivity index is 2.06. The summed E-state index contributed by atoms with van der Waals surface area (Å²) in [6.07, 6.45) is -0.0328. The number of anilines is 1. The Kier molecular flexibility index (Phi) is 4.95. The van der Waals surface area contributed by atoms with E-state index in [9.17, 15) is 19.2 Å². The molecule has 3 N–H and O–H groups in total. The average molecular weight is 320 g/mol. The number of rotatable bonds is 4.